The van der Waals surface area contributed by atoms with E-state index in [1.807, 2.05) is 12.3 Å². The van der Waals surface area contributed by atoms with Gasteiger partial charge in [0.2, 0.25) is 5.82 Å². The van der Waals surface area contributed by atoms with Crippen LogP contribution in [-0.2, 0) is 17.6 Å². The van der Waals surface area contributed by atoms with Crippen molar-refractivity contribution in [2.45, 2.75) is 19.8 Å². The predicted octanol–water partition coefficient (Wildman–Crippen LogP) is 2.98. The molecule has 1 saturated heterocycles. The van der Waals surface area contributed by atoms with E-state index in [4.69, 9.17) is 4.74 Å². The van der Waals surface area contributed by atoms with Gasteiger partial charge >= 0.3 is 0 Å². The number of carbonyl (C=O) groups excluding carboxylic acids is 1. The van der Waals surface area contributed by atoms with Gasteiger partial charge in [0.05, 0.1) is 30.8 Å². The number of pyridine rings is 1. The first-order valence-electron chi connectivity index (χ1n) is 11.4. The van der Waals surface area contributed by atoms with Crippen molar-refractivity contribution in [2.75, 3.05) is 37.7 Å². The quantitative estimate of drug-likeness (QED) is 0.634. The number of fused-ring (bicyclic) bond motifs is 1. The number of amides is 1. The summed E-state index contributed by atoms with van der Waals surface area (Å²) in [7, 11) is 0. The third-order valence-electron chi connectivity index (χ3n) is 6.07. The van der Waals surface area contributed by atoms with Gasteiger partial charge in [0.1, 0.15) is 0 Å². The molecular weight excluding hydrogens is 414 g/mol. The first-order chi connectivity index (χ1) is 16.2. The second-order valence-corrected chi connectivity index (χ2v) is 8.40. The maximum atomic E-state index is 12.5. The second-order valence-electron chi connectivity index (χ2n) is 8.40. The number of rotatable bonds is 6. The Morgan fingerprint density at radius 1 is 1.09 bits per heavy atom. The molecule has 0 atom stereocenters. The Labute approximate surface area is 193 Å². The molecule has 1 amide bonds. The van der Waals surface area contributed by atoms with Crippen LogP contribution >= 0.6 is 0 Å². The molecule has 7 nitrogen and oxygen atoms in total. The van der Waals surface area contributed by atoms with Crippen molar-refractivity contribution in [2.24, 2.45) is 0 Å². The first-order valence-corrected chi connectivity index (χ1v) is 11.4. The highest BCUT2D eigenvalue weighted by Gasteiger charge is 2.21. The van der Waals surface area contributed by atoms with Crippen molar-refractivity contribution in [1.29, 1.82) is 0 Å². The van der Waals surface area contributed by atoms with Gasteiger partial charge in [-0.2, -0.15) is 0 Å². The van der Waals surface area contributed by atoms with Gasteiger partial charge in [0, 0.05) is 49.6 Å². The number of benzene rings is 1. The summed E-state index contributed by atoms with van der Waals surface area (Å²) in [5.41, 5.74) is 7.65. The number of allylic oxidation sites excluding steroid dienone is 1. The molecule has 0 radical (unpaired) electrons. The van der Waals surface area contributed by atoms with E-state index < -0.39 is 0 Å². The van der Waals surface area contributed by atoms with Gasteiger partial charge in [-0.15, -0.1) is 0 Å². The van der Waals surface area contributed by atoms with Gasteiger partial charge in [0.25, 0.3) is 5.91 Å². The summed E-state index contributed by atoms with van der Waals surface area (Å²) in [6.45, 7) is 5.83. The van der Waals surface area contributed by atoms with Gasteiger partial charge in [-0.25, -0.2) is 9.97 Å². The average Bonchev–Trinajstić information content (AvgIpc) is 3.28. The number of aromatic nitrogens is 3. The van der Waals surface area contributed by atoms with E-state index in [1.165, 1.54) is 11.1 Å². The van der Waals surface area contributed by atoms with Crippen LogP contribution < -0.4 is 10.2 Å². The lowest BCUT2D eigenvalue weighted by Gasteiger charge is -2.29. The zero-order valence-electron chi connectivity index (χ0n) is 18.8. The number of morpholine rings is 1. The highest BCUT2D eigenvalue weighted by atomic mass is 16.5. The van der Waals surface area contributed by atoms with Crippen LogP contribution in [0.4, 0.5) is 5.69 Å². The van der Waals surface area contributed by atoms with Gasteiger partial charge in [-0.05, 0) is 30.5 Å². The van der Waals surface area contributed by atoms with Crippen LogP contribution in [0.1, 0.15) is 38.6 Å². The van der Waals surface area contributed by atoms with Crippen molar-refractivity contribution in [3.63, 3.8) is 0 Å². The van der Waals surface area contributed by atoms with Gasteiger partial charge in [0.15, 0.2) is 0 Å². The number of hydrogen-bond acceptors (Lipinski definition) is 6. The Balaban J connectivity index is 1.24. The highest BCUT2D eigenvalue weighted by molar-refractivity contribution is 5.91. The largest absolute Gasteiger partial charge is 0.378 e. The smallest absolute Gasteiger partial charge is 0.289 e. The van der Waals surface area contributed by atoms with Crippen LogP contribution in [0.3, 0.4) is 0 Å². The van der Waals surface area contributed by atoms with Gasteiger partial charge in [-0.1, -0.05) is 35.9 Å². The maximum absolute atomic E-state index is 12.5. The van der Waals surface area contributed by atoms with Crippen LogP contribution in [0.2, 0.25) is 0 Å². The lowest BCUT2D eigenvalue weighted by molar-refractivity contribution is 0.0943. The number of carbonyl (C=O) groups is 1. The van der Waals surface area contributed by atoms with E-state index in [0.29, 0.717) is 6.54 Å². The molecule has 1 N–H and O–H groups in total. The van der Waals surface area contributed by atoms with E-state index in [2.05, 4.69) is 62.4 Å². The SMILES string of the molecule is Cc1cccc(CCNC(=O)c2ncc(C3=CCc4ncc(N5CCOCC5)cc43)cn2)c1. The van der Waals surface area contributed by atoms with Crippen molar-refractivity contribution in [3.05, 3.63) is 88.8 Å². The Morgan fingerprint density at radius 3 is 2.70 bits per heavy atom. The Morgan fingerprint density at radius 2 is 1.91 bits per heavy atom. The molecule has 2 aliphatic rings. The van der Waals surface area contributed by atoms with E-state index in [1.54, 1.807) is 12.4 Å². The molecule has 0 saturated carbocycles. The molecule has 0 unspecified atom stereocenters. The third kappa shape index (κ3) is 4.78. The van der Waals surface area contributed by atoms with E-state index >= 15 is 0 Å². The van der Waals surface area contributed by atoms with Crippen LogP contribution in [0, 0.1) is 6.92 Å². The molecule has 7 heteroatoms. The molecule has 0 spiro atoms. The fourth-order valence-corrected chi connectivity index (χ4v) is 4.31. The second kappa shape index (κ2) is 9.50. The summed E-state index contributed by atoms with van der Waals surface area (Å²) >= 11 is 0. The van der Waals surface area contributed by atoms with E-state index in [0.717, 1.165) is 67.2 Å². The first kappa shape index (κ1) is 21.3. The highest BCUT2D eigenvalue weighted by Crippen LogP contribution is 2.33. The lowest BCUT2D eigenvalue weighted by atomic mass is 10.0. The van der Waals surface area contributed by atoms with E-state index in [-0.39, 0.29) is 11.7 Å². The molecule has 1 aliphatic heterocycles. The fraction of sp³-hybridized carbons (Fsp3) is 0.308. The summed E-state index contributed by atoms with van der Waals surface area (Å²) in [6.07, 6.45) is 9.11. The number of hydrogen-bond donors (Lipinski definition) is 1. The lowest BCUT2D eigenvalue weighted by Crippen LogP contribution is -2.36. The number of ether oxygens (including phenoxy) is 1. The van der Waals surface area contributed by atoms with Crippen molar-refractivity contribution in [1.82, 2.24) is 20.3 Å². The third-order valence-corrected chi connectivity index (χ3v) is 6.07. The molecule has 1 aromatic carbocycles. The summed E-state index contributed by atoms with van der Waals surface area (Å²) < 4.78 is 5.46. The molecule has 1 fully saturated rings. The summed E-state index contributed by atoms with van der Waals surface area (Å²) in [4.78, 5) is 28.1. The molecular formula is C26H27N5O2. The molecule has 3 aromatic rings. The maximum Gasteiger partial charge on any atom is 0.289 e. The van der Waals surface area contributed by atoms with Crippen LogP contribution in [0.25, 0.3) is 5.57 Å². The predicted molar refractivity (Wildman–Crippen MR) is 127 cm³/mol. The van der Waals surface area contributed by atoms with Crippen LogP contribution in [-0.4, -0.2) is 53.7 Å². The van der Waals surface area contributed by atoms with E-state index in [9.17, 15) is 4.79 Å². The average molecular weight is 442 g/mol. The topological polar surface area (TPSA) is 80.2 Å². The zero-order valence-corrected chi connectivity index (χ0v) is 18.8. The Bertz CT molecular complexity index is 1180. The fourth-order valence-electron chi connectivity index (χ4n) is 4.31. The molecule has 33 heavy (non-hydrogen) atoms. The Kier molecular flexibility index (Phi) is 6.13. The zero-order chi connectivity index (χ0) is 22.6. The minimum atomic E-state index is -0.258. The molecule has 1 aliphatic carbocycles. The summed E-state index contributed by atoms with van der Waals surface area (Å²) in [6, 6.07) is 10.5. The molecule has 3 heterocycles. The summed E-state index contributed by atoms with van der Waals surface area (Å²) in [5.74, 6) is -0.0757. The van der Waals surface area contributed by atoms with Crippen LogP contribution in [0.5, 0.6) is 0 Å². The van der Waals surface area contributed by atoms with Crippen LogP contribution in [0.15, 0.2) is 55.0 Å². The van der Waals surface area contributed by atoms with Crippen molar-refractivity contribution in [3.8, 4) is 0 Å². The molecule has 5 rings (SSSR count). The van der Waals surface area contributed by atoms with Crippen molar-refractivity contribution < 1.29 is 9.53 Å². The minimum absolute atomic E-state index is 0.182. The minimum Gasteiger partial charge on any atom is -0.378 e. The summed E-state index contributed by atoms with van der Waals surface area (Å²) in [5, 5.41) is 2.91. The van der Waals surface area contributed by atoms with Crippen molar-refractivity contribution >= 4 is 17.2 Å². The number of nitrogens with one attached hydrogen (secondary N) is 1. The number of anilines is 1. The van der Waals surface area contributed by atoms with Gasteiger partial charge in [-0.3, -0.25) is 9.78 Å². The monoisotopic (exact) mass is 441 g/mol. The normalized spacial score (nSPS) is 15.2. The standard InChI is InChI=1S/C26H27N5O2/c1-18-3-2-4-19(13-18)7-8-27-26(32)25-29-15-20(16-30-25)22-5-6-24-23(22)14-21(17-28-24)31-9-11-33-12-10-31/h2-5,13-17H,6-12H2,1H3,(H,27,32). The number of aryl methyl sites for hydroxylation is 1. The molecule has 2 aromatic heterocycles. The molecule has 0 bridgehead atoms. The van der Waals surface area contributed by atoms with Gasteiger partial charge < -0.3 is 15.0 Å². The Hall–Kier alpha value is -3.58. The molecule has 168 valence electrons. The number of nitrogens with zero attached hydrogens (tertiary/aromatic N) is 4.